The Bertz CT molecular complexity index is 1080. The number of anilines is 2. The number of nitrogens with zero attached hydrogens (tertiary/aromatic N) is 2. The number of hydrogen-bond acceptors (Lipinski definition) is 8. The average Bonchev–Trinajstić information content (AvgIpc) is 3.22. The zero-order chi connectivity index (χ0) is 24.5. The van der Waals surface area contributed by atoms with E-state index in [-0.39, 0.29) is 24.9 Å². The summed E-state index contributed by atoms with van der Waals surface area (Å²) in [5.74, 6) is 1.19. The normalized spacial score (nSPS) is 10.9. The molecule has 0 bridgehead atoms. The largest absolute Gasteiger partial charge is 0.467 e. The number of ether oxygens (including phenoxy) is 5. The van der Waals surface area contributed by atoms with Crippen LogP contribution in [0.5, 0.6) is 11.5 Å². The van der Waals surface area contributed by atoms with Gasteiger partial charge in [-0.05, 0) is 5.92 Å². The molecule has 0 amide bonds. The van der Waals surface area contributed by atoms with Crippen LogP contribution in [0.15, 0.2) is 48.5 Å². The fourth-order valence-electron chi connectivity index (χ4n) is 3.34. The maximum Gasteiger partial charge on any atom is 0.343 e. The Labute approximate surface area is 199 Å². The van der Waals surface area contributed by atoms with Crippen LogP contribution >= 0.6 is 0 Å². The molecule has 2 aromatic carbocycles. The lowest BCUT2D eigenvalue weighted by molar-refractivity contribution is 0.0436. The molecule has 0 fully saturated rings. The molecule has 9 nitrogen and oxygen atoms in total. The first-order valence-corrected chi connectivity index (χ1v) is 10.9. The van der Waals surface area contributed by atoms with Crippen LogP contribution in [0.4, 0.5) is 11.5 Å². The highest BCUT2D eigenvalue weighted by atomic mass is 16.7. The highest BCUT2D eigenvalue weighted by Crippen LogP contribution is 2.36. The summed E-state index contributed by atoms with van der Waals surface area (Å²) in [5, 5.41) is 8.13. The van der Waals surface area contributed by atoms with Crippen LogP contribution in [0.25, 0.3) is 11.3 Å². The molecular weight excluding hydrogens is 438 g/mol. The third-order valence-corrected chi connectivity index (χ3v) is 4.79. The number of rotatable bonds is 12. The van der Waals surface area contributed by atoms with Crippen LogP contribution in [0.3, 0.4) is 0 Å². The van der Waals surface area contributed by atoms with Gasteiger partial charge in [0.2, 0.25) is 0 Å². The predicted molar refractivity (Wildman–Crippen MR) is 129 cm³/mol. The minimum absolute atomic E-state index is 0.0319. The molecule has 9 heteroatoms. The summed E-state index contributed by atoms with van der Waals surface area (Å²) in [7, 11) is 4.34. The van der Waals surface area contributed by atoms with Crippen LogP contribution < -0.4 is 14.8 Å². The molecule has 0 saturated heterocycles. The van der Waals surface area contributed by atoms with Gasteiger partial charge in [0.25, 0.3) is 0 Å². The van der Waals surface area contributed by atoms with Crippen molar-refractivity contribution in [2.75, 3.05) is 40.2 Å². The van der Waals surface area contributed by atoms with Crippen molar-refractivity contribution in [3.8, 4) is 22.8 Å². The Hall–Kier alpha value is -3.56. The maximum atomic E-state index is 12.8. The standard InChI is InChI=1S/C25H31N3O6/c1-17(2)14-28-23(13-20(27-28)18-9-7-6-8-10-18)26-21-11-19(33-15-30-3)12-22(34-16-31-4)24(21)25(29)32-5/h6-13,17,26H,14-16H2,1-5H3. The third-order valence-electron chi connectivity index (χ3n) is 4.79. The summed E-state index contributed by atoms with van der Waals surface area (Å²) in [4.78, 5) is 12.8. The Kier molecular flexibility index (Phi) is 8.89. The number of carbonyl (C=O) groups is 1. The minimum atomic E-state index is -0.565. The van der Waals surface area contributed by atoms with E-state index in [2.05, 4.69) is 19.2 Å². The van der Waals surface area contributed by atoms with Gasteiger partial charge in [-0.15, -0.1) is 0 Å². The summed E-state index contributed by atoms with van der Waals surface area (Å²) in [5.41, 5.74) is 2.45. The Morgan fingerprint density at radius 1 is 1.00 bits per heavy atom. The van der Waals surface area contributed by atoms with E-state index in [9.17, 15) is 4.79 Å². The molecule has 3 aromatic rings. The Balaban J connectivity index is 2.10. The molecule has 0 aliphatic rings. The second kappa shape index (κ2) is 12.1. The number of methoxy groups -OCH3 is 3. The zero-order valence-corrected chi connectivity index (χ0v) is 20.2. The zero-order valence-electron chi connectivity index (χ0n) is 20.2. The molecule has 0 aliphatic heterocycles. The molecule has 1 heterocycles. The predicted octanol–water partition coefficient (Wildman–Crippen LogP) is 4.70. The van der Waals surface area contributed by atoms with Gasteiger partial charge in [-0.3, -0.25) is 0 Å². The van der Waals surface area contributed by atoms with Gasteiger partial charge in [-0.1, -0.05) is 44.2 Å². The number of nitrogens with one attached hydrogen (secondary N) is 1. The fraction of sp³-hybridized carbons (Fsp3) is 0.360. The SMILES string of the molecule is COCOc1cc(Nc2cc(-c3ccccc3)nn2CC(C)C)c(C(=O)OC)c(OCOC)c1. The molecule has 1 N–H and O–H groups in total. The van der Waals surface area contributed by atoms with Crippen molar-refractivity contribution in [3.05, 3.63) is 54.1 Å². The van der Waals surface area contributed by atoms with Crippen molar-refractivity contribution >= 4 is 17.5 Å². The van der Waals surface area contributed by atoms with Gasteiger partial charge in [0.1, 0.15) is 22.9 Å². The van der Waals surface area contributed by atoms with Gasteiger partial charge in [0, 0.05) is 44.5 Å². The minimum Gasteiger partial charge on any atom is -0.467 e. The van der Waals surface area contributed by atoms with E-state index < -0.39 is 5.97 Å². The van der Waals surface area contributed by atoms with E-state index in [4.69, 9.17) is 28.8 Å². The van der Waals surface area contributed by atoms with Crippen molar-refractivity contribution in [2.24, 2.45) is 5.92 Å². The van der Waals surface area contributed by atoms with E-state index in [0.29, 0.717) is 29.7 Å². The fourth-order valence-corrected chi connectivity index (χ4v) is 3.34. The van der Waals surface area contributed by atoms with Crippen LogP contribution in [-0.4, -0.2) is 50.7 Å². The summed E-state index contributed by atoms with van der Waals surface area (Å²) < 4.78 is 28.3. The molecule has 0 aliphatic carbocycles. The first-order chi connectivity index (χ1) is 16.5. The topological polar surface area (TPSA) is 93.1 Å². The van der Waals surface area contributed by atoms with Crippen LogP contribution in [-0.2, 0) is 20.8 Å². The smallest absolute Gasteiger partial charge is 0.343 e. The first kappa shape index (κ1) is 25.1. The molecule has 34 heavy (non-hydrogen) atoms. The third kappa shape index (κ3) is 6.27. The number of carbonyl (C=O) groups excluding carboxylic acids is 1. The van der Waals surface area contributed by atoms with E-state index in [1.807, 2.05) is 41.1 Å². The second-order valence-electron chi connectivity index (χ2n) is 7.92. The maximum absolute atomic E-state index is 12.8. The summed E-state index contributed by atoms with van der Waals surface area (Å²) in [6, 6.07) is 15.1. The molecule has 1 aromatic heterocycles. The molecule has 0 radical (unpaired) electrons. The van der Waals surface area contributed by atoms with Crippen LogP contribution in [0, 0.1) is 5.92 Å². The Morgan fingerprint density at radius 2 is 1.71 bits per heavy atom. The van der Waals surface area contributed by atoms with E-state index >= 15 is 0 Å². The van der Waals surface area contributed by atoms with E-state index in [1.54, 1.807) is 12.1 Å². The number of aromatic nitrogens is 2. The average molecular weight is 470 g/mol. The van der Waals surface area contributed by atoms with Gasteiger partial charge in [-0.2, -0.15) is 5.10 Å². The van der Waals surface area contributed by atoms with Crippen molar-refractivity contribution in [2.45, 2.75) is 20.4 Å². The molecule has 182 valence electrons. The molecule has 0 atom stereocenters. The molecule has 0 unspecified atom stereocenters. The highest BCUT2D eigenvalue weighted by molar-refractivity contribution is 6.00. The van der Waals surface area contributed by atoms with Gasteiger partial charge < -0.3 is 29.0 Å². The van der Waals surface area contributed by atoms with Gasteiger partial charge >= 0.3 is 5.97 Å². The van der Waals surface area contributed by atoms with Crippen molar-refractivity contribution < 1.29 is 28.5 Å². The van der Waals surface area contributed by atoms with Gasteiger partial charge in [-0.25, -0.2) is 9.48 Å². The lowest BCUT2D eigenvalue weighted by Gasteiger charge is -2.18. The lowest BCUT2D eigenvalue weighted by atomic mass is 10.1. The van der Waals surface area contributed by atoms with Gasteiger partial charge in [0.15, 0.2) is 13.6 Å². The van der Waals surface area contributed by atoms with E-state index in [0.717, 1.165) is 11.3 Å². The van der Waals surface area contributed by atoms with Crippen molar-refractivity contribution in [1.82, 2.24) is 9.78 Å². The van der Waals surface area contributed by atoms with Crippen LogP contribution in [0.1, 0.15) is 24.2 Å². The van der Waals surface area contributed by atoms with Crippen molar-refractivity contribution in [1.29, 1.82) is 0 Å². The quantitative estimate of drug-likeness (QED) is 0.301. The number of hydrogen-bond donors (Lipinski definition) is 1. The van der Waals surface area contributed by atoms with Crippen LogP contribution in [0.2, 0.25) is 0 Å². The molecule has 0 saturated carbocycles. The number of benzene rings is 2. The molecular formula is C25H31N3O6. The molecule has 3 rings (SSSR count). The Morgan fingerprint density at radius 3 is 2.35 bits per heavy atom. The second-order valence-corrected chi connectivity index (χ2v) is 7.92. The van der Waals surface area contributed by atoms with Gasteiger partial charge in [0.05, 0.1) is 18.5 Å². The number of esters is 1. The lowest BCUT2D eigenvalue weighted by Crippen LogP contribution is -2.14. The van der Waals surface area contributed by atoms with E-state index in [1.165, 1.54) is 21.3 Å². The summed E-state index contributed by atoms with van der Waals surface area (Å²) in [6.45, 7) is 4.88. The highest BCUT2D eigenvalue weighted by Gasteiger charge is 2.23. The summed E-state index contributed by atoms with van der Waals surface area (Å²) in [6.07, 6.45) is 0. The molecule has 0 spiro atoms. The van der Waals surface area contributed by atoms with Crippen molar-refractivity contribution in [3.63, 3.8) is 0 Å². The monoisotopic (exact) mass is 469 g/mol. The first-order valence-electron chi connectivity index (χ1n) is 10.9. The summed E-state index contributed by atoms with van der Waals surface area (Å²) >= 11 is 0.